The van der Waals surface area contributed by atoms with E-state index in [1.165, 1.54) is 12.1 Å². The first-order valence-electron chi connectivity index (χ1n) is 5.30. The maximum Gasteiger partial charge on any atom is 0.0488 e. The zero-order chi connectivity index (χ0) is 10.8. The van der Waals surface area contributed by atoms with Crippen LogP contribution in [0.3, 0.4) is 0 Å². The number of anilines is 1. The number of alkyl halides is 1. The van der Waals surface area contributed by atoms with Gasteiger partial charge in [0, 0.05) is 29.7 Å². The molecule has 0 radical (unpaired) electrons. The molecule has 0 aliphatic carbocycles. The van der Waals surface area contributed by atoms with E-state index in [0.29, 0.717) is 5.88 Å². The zero-order valence-electron chi connectivity index (χ0n) is 8.84. The summed E-state index contributed by atoms with van der Waals surface area (Å²) in [4.78, 5) is 2.38. The van der Waals surface area contributed by atoms with Crippen LogP contribution in [0.1, 0.15) is 18.9 Å². The number of hydrogen-bond donors (Lipinski definition) is 0. The summed E-state index contributed by atoms with van der Waals surface area (Å²) < 4.78 is 0. The molecule has 1 unspecified atom stereocenters. The molecule has 15 heavy (non-hydrogen) atoms. The molecule has 0 aromatic heterocycles. The van der Waals surface area contributed by atoms with E-state index in [9.17, 15) is 0 Å². The van der Waals surface area contributed by atoms with Gasteiger partial charge in [0.05, 0.1) is 0 Å². The summed E-state index contributed by atoms with van der Waals surface area (Å²) in [5.41, 5.74) is 2.23. The van der Waals surface area contributed by atoms with E-state index in [4.69, 9.17) is 23.2 Å². The third kappa shape index (κ3) is 2.40. The lowest BCUT2D eigenvalue weighted by molar-refractivity contribution is 0.659. The molecule has 82 valence electrons. The fourth-order valence-electron chi connectivity index (χ4n) is 2.01. The molecular weight excluding hydrogens is 229 g/mol. The molecule has 1 heterocycles. The van der Waals surface area contributed by atoms with E-state index in [0.717, 1.165) is 29.6 Å². The second-order valence-electron chi connectivity index (χ2n) is 4.25. The Bertz CT molecular complexity index is 351. The highest BCUT2D eigenvalue weighted by atomic mass is 35.5. The second-order valence-corrected chi connectivity index (χ2v) is 4.92. The third-order valence-electron chi connectivity index (χ3n) is 2.97. The van der Waals surface area contributed by atoms with Gasteiger partial charge in [-0.3, -0.25) is 0 Å². The molecule has 1 aromatic carbocycles. The molecule has 2 rings (SSSR count). The summed E-state index contributed by atoms with van der Waals surface area (Å²) in [6.45, 7) is 4.56. The summed E-state index contributed by atoms with van der Waals surface area (Å²) >= 11 is 11.9. The molecular formula is C12H15Cl2N. The van der Waals surface area contributed by atoms with Gasteiger partial charge in [-0.15, -0.1) is 11.6 Å². The molecule has 0 spiro atoms. The molecule has 1 aliphatic heterocycles. The van der Waals surface area contributed by atoms with Crippen LogP contribution in [-0.4, -0.2) is 13.1 Å². The zero-order valence-corrected chi connectivity index (χ0v) is 10.4. The Morgan fingerprint density at radius 1 is 1.47 bits per heavy atom. The van der Waals surface area contributed by atoms with Gasteiger partial charge >= 0.3 is 0 Å². The highest BCUT2D eigenvalue weighted by molar-refractivity contribution is 6.32. The van der Waals surface area contributed by atoms with Crippen molar-refractivity contribution in [3.05, 3.63) is 28.8 Å². The van der Waals surface area contributed by atoms with Crippen molar-refractivity contribution in [3.8, 4) is 0 Å². The van der Waals surface area contributed by atoms with E-state index in [2.05, 4.69) is 17.9 Å². The van der Waals surface area contributed by atoms with Gasteiger partial charge in [-0.25, -0.2) is 0 Å². The van der Waals surface area contributed by atoms with Crippen molar-refractivity contribution >= 4 is 28.9 Å². The number of hydrogen-bond acceptors (Lipinski definition) is 1. The minimum absolute atomic E-state index is 0.482. The normalized spacial score (nSPS) is 21.0. The topological polar surface area (TPSA) is 3.24 Å². The lowest BCUT2D eigenvalue weighted by atomic mass is 10.2. The van der Waals surface area contributed by atoms with Crippen LogP contribution in [0.2, 0.25) is 5.02 Å². The largest absolute Gasteiger partial charge is 0.371 e. The molecule has 1 fully saturated rings. The Balaban J connectivity index is 2.19. The number of halogens is 2. The van der Waals surface area contributed by atoms with Crippen molar-refractivity contribution in [2.45, 2.75) is 19.2 Å². The van der Waals surface area contributed by atoms with Crippen molar-refractivity contribution in [3.63, 3.8) is 0 Å². The van der Waals surface area contributed by atoms with Crippen LogP contribution < -0.4 is 4.90 Å². The van der Waals surface area contributed by atoms with Gasteiger partial charge in [0.15, 0.2) is 0 Å². The average molecular weight is 244 g/mol. The summed E-state index contributed by atoms with van der Waals surface area (Å²) in [5.74, 6) is 1.27. The summed E-state index contributed by atoms with van der Waals surface area (Å²) in [6.07, 6.45) is 1.27. The van der Waals surface area contributed by atoms with Crippen LogP contribution in [-0.2, 0) is 5.88 Å². The van der Waals surface area contributed by atoms with Crippen molar-refractivity contribution in [1.82, 2.24) is 0 Å². The van der Waals surface area contributed by atoms with Gasteiger partial charge in [-0.2, -0.15) is 0 Å². The molecule has 0 saturated carbocycles. The quantitative estimate of drug-likeness (QED) is 0.712. The van der Waals surface area contributed by atoms with E-state index < -0.39 is 0 Å². The van der Waals surface area contributed by atoms with Gasteiger partial charge in [0.2, 0.25) is 0 Å². The van der Waals surface area contributed by atoms with Crippen LogP contribution >= 0.6 is 23.2 Å². The number of nitrogens with zero attached hydrogens (tertiary/aromatic N) is 1. The van der Waals surface area contributed by atoms with Crippen LogP contribution in [0.15, 0.2) is 18.2 Å². The van der Waals surface area contributed by atoms with Gasteiger partial charge < -0.3 is 4.90 Å². The summed E-state index contributed by atoms with van der Waals surface area (Å²) in [6, 6.07) is 6.16. The van der Waals surface area contributed by atoms with E-state index in [-0.39, 0.29) is 0 Å². The van der Waals surface area contributed by atoms with Crippen LogP contribution in [0.25, 0.3) is 0 Å². The van der Waals surface area contributed by atoms with Gasteiger partial charge in [-0.1, -0.05) is 24.6 Å². The van der Waals surface area contributed by atoms with E-state index in [1.54, 1.807) is 0 Å². The highest BCUT2D eigenvalue weighted by Crippen LogP contribution is 2.28. The first-order valence-corrected chi connectivity index (χ1v) is 6.21. The first kappa shape index (κ1) is 11.1. The third-order valence-corrected chi connectivity index (χ3v) is 3.61. The molecule has 1 saturated heterocycles. The van der Waals surface area contributed by atoms with E-state index >= 15 is 0 Å². The molecule has 0 N–H and O–H groups in total. The summed E-state index contributed by atoms with van der Waals surface area (Å²) in [7, 11) is 0. The molecule has 1 nitrogen and oxygen atoms in total. The Morgan fingerprint density at radius 3 is 2.80 bits per heavy atom. The van der Waals surface area contributed by atoms with Crippen molar-refractivity contribution in [2.24, 2.45) is 5.92 Å². The monoisotopic (exact) mass is 243 g/mol. The van der Waals surface area contributed by atoms with Crippen molar-refractivity contribution < 1.29 is 0 Å². The highest BCUT2D eigenvalue weighted by Gasteiger charge is 2.19. The van der Waals surface area contributed by atoms with Crippen molar-refractivity contribution in [1.29, 1.82) is 0 Å². The fourth-order valence-corrected chi connectivity index (χ4v) is 2.55. The van der Waals surface area contributed by atoms with Crippen LogP contribution in [0, 0.1) is 5.92 Å². The van der Waals surface area contributed by atoms with E-state index in [1.807, 2.05) is 12.1 Å². The minimum atomic E-state index is 0.482. The van der Waals surface area contributed by atoms with Gasteiger partial charge in [0.1, 0.15) is 0 Å². The molecule has 0 bridgehead atoms. The average Bonchev–Trinajstić information content (AvgIpc) is 2.65. The Hall–Kier alpha value is -0.400. The fraction of sp³-hybridized carbons (Fsp3) is 0.500. The van der Waals surface area contributed by atoms with Gasteiger partial charge in [-0.05, 0) is 30.0 Å². The SMILES string of the molecule is CC1CCN(c2ccc(CCl)c(Cl)c2)C1. The maximum atomic E-state index is 6.13. The Morgan fingerprint density at radius 2 is 2.27 bits per heavy atom. The molecule has 1 aromatic rings. The number of benzene rings is 1. The minimum Gasteiger partial charge on any atom is -0.371 e. The molecule has 1 aliphatic rings. The Kier molecular flexibility index (Phi) is 3.42. The second kappa shape index (κ2) is 4.63. The lowest BCUT2D eigenvalue weighted by Gasteiger charge is -2.19. The summed E-state index contributed by atoms with van der Waals surface area (Å²) in [5, 5.41) is 0.780. The smallest absolute Gasteiger partial charge is 0.0488 e. The van der Waals surface area contributed by atoms with Crippen LogP contribution in [0.4, 0.5) is 5.69 Å². The molecule has 0 amide bonds. The predicted molar refractivity (Wildman–Crippen MR) is 67.0 cm³/mol. The number of rotatable bonds is 2. The standard InChI is InChI=1S/C12H15Cl2N/c1-9-4-5-15(8-9)11-3-2-10(7-13)12(14)6-11/h2-3,6,9H,4-5,7-8H2,1H3. The molecule has 3 heteroatoms. The molecule has 1 atom stereocenters. The van der Waals surface area contributed by atoms with Crippen LogP contribution in [0.5, 0.6) is 0 Å². The van der Waals surface area contributed by atoms with Crippen molar-refractivity contribution in [2.75, 3.05) is 18.0 Å². The Labute approximate surface area is 101 Å². The lowest BCUT2D eigenvalue weighted by Crippen LogP contribution is -2.18. The maximum absolute atomic E-state index is 6.13. The first-order chi connectivity index (χ1) is 7.20. The van der Waals surface area contributed by atoms with Gasteiger partial charge in [0.25, 0.3) is 0 Å². The predicted octanol–water partition coefficient (Wildman–Crippen LogP) is 3.93.